The van der Waals surface area contributed by atoms with Crippen molar-refractivity contribution < 1.29 is 19.4 Å². The molecular weight excluding hydrogens is 344 g/mol. The van der Waals surface area contributed by atoms with E-state index in [-0.39, 0.29) is 30.0 Å². The zero-order chi connectivity index (χ0) is 18.6. The summed E-state index contributed by atoms with van der Waals surface area (Å²) in [6, 6.07) is -0.138. The minimum atomic E-state index is -0.513. The normalized spacial score (nSPS) is 25.6. The Morgan fingerprint density at radius 1 is 1.16 bits per heavy atom. The average molecular weight is 375 g/mol. The van der Waals surface area contributed by atoms with E-state index in [2.05, 4.69) is 0 Å². The van der Waals surface area contributed by atoms with Crippen LogP contribution in [-0.2, 0) is 9.53 Å². The third kappa shape index (κ3) is 5.48. The number of carbonyl (C=O) groups excluding carboxylic acids is 2. The van der Waals surface area contributed by atoms with Gasteiger partial charge in [0.1, 0.15) is 11.5 Å². The molecule has 2 amide bonds. The molecule has 2 aliphatic rings. The number of rotatable bonds is 3. The second-order valence-corrected chi connectivity index (χ2v) is 8.32. The molecule has 25 heavy (non-hydrogen) atoms. The predicted molar refractivity (Wildman–Crippen MR) is 96.7 cm³/mol. The van der Waals surface area contributed by atoms with E-state index < -0.39 is 11.7 Å². The predicted octanol–water partition coefficient (Wildman–Crippen LogP) is 2.76. The molecule has 1 aliphatic heterocycles. The highest BCUT2D eigenvalue weighted by Gasteiger charge is 2.38. The molecule has 144 valence electrons. The molecule has 0 bridgehead atoms. The minimum Gasteiger partial charge on any atom is -0.444 e. The van der Waals surface area contributed by atoms with Crippen LogP contribution in [0, 0.1) is 0 Å². The topological polar surface area (TPSA) is 70.1 Å². The van der Waals surface area contributed by atoms with E-state index >= 15 is 0 Å². The summed E-state index contributed by atoms with van der Waals surface area (Å²) in [5, 5.41) is 10.4. The molecule has 1 saturated carbocycles. The zero-order valence-electron chi connectivity index (χ0n) is 15.5. The van der Waals surface area contributed by atoms with E-state index in [1.165, 1.54) is 0 Å². The number of piperidine rings is 1. The highest BCUT2D eigenvalue weighted by molar-refractivity contribution is 6.27. The monoisotopic (exact) mass is 374 g/mol. The van der Waals surface area contributed by atoms with E-state index in [0.717, 1.165) is 25.7 Å². The first-order valence-electron chi connectivity index (χ1n) is 9.26. The summed E-state index contributed by atoms with van der Waals surface area (Å²) in [5.74, 6) is -0.196. The molecule has 1 aliphatic carbocycles. The molecule has 1 heterocycles. The highest BCUT2D eigenvalue weighted by Crippen LogP contribution is 2.29. The smallest absolute Gasteiger partial charge is 0.410 e. The number of nitrogens with zero attached hydrogens (tertiary/aromatic N) is 2. The summed E-state index contributed by atoms with van der Waals surface area (Å²) >= 11 is 5.83. The van der Waals surface area contributed by atoms with Crippen molar-refractivity contribution in [2.24, 2.45) is 0 Å². The number of alkyl halides is 1. The molecule has 1 saturated heterocycles. The number of aliphatic hydroxyl groups excluding tert-OH is 1. The summed E-state index contributed by atoms with van der Waals surface area (Å²) in [5.41, 5.74) is -0.513. The second-order valence-electron chi connectivity index (χ2n) is 8.05. The lowest BCUT2D eigenvalue weighted by molar-refractivity contribution is -0.139. The summed E-state index contributed by atoms with van der Waals surface area (Å²) < 4.78 is 5.42. The fraction of sp³-hybridized carbons (Fsp3) is 0.889. The standard InChI is InChI=1S/C18H31ClN2O4/c1-18(2,3)25-17(24)20-10-8-13(9-11-20)21(16(23)12-19)14-6-4-5-7-15(14)22/h13-15,22H,4-12H2,1-3H3/t14-,15-/m0/s1. The van der Waals surface area contributed by atoms with E-state index in [1.54, 1.807) is 4.90 Å². The number of likely N-dealkylation sites (tertiary alicyclic amines) is 1. The molecule has 0 aromatic rings. The summed E-state index contributed by atoms with van der Waals surface area (Å²) in [6.45, 7) is 6.65. The summed E-state index contributed by atoms with van der Waals surface area (Å²) in [6.07, 6.45) is 4.14. The van der Waals surface area contributed by atoms with E-state index in [9.17, 15) is 14.7 Å². The molecule has 1 N–H and O–H groups in total. The van der Waals surface area contributed by atoms with E-state index in [4.69, 9.17) is 16.3 Å². The van der Waals surface area contributed by atoms with Crippen molar-refractivity contribution in [1.82, 2.24) is 9.80 Å². The molecule has 0 aromatic carbocycles. The first kappa shape index (κ1) is 20.3. The molecule has 6 nitrogen and oxygen atoms in total. The maximum atomic E-state index is 12.4. The van der Waals surface area contributed by atoms with Crippen LogP contribution in [-0.4, -0.2) is 69.7 Å². The molecule has 7 heteroatoms. The summed E-state index contributed by atoms with van der Waals surface area (Å²) in [4.78, 5) is 28.1. The van der Waals surface area contributed by atoms with Gasteiger partial charge in [0.25, 0.3) is 0 Å². The van der Waals surface area contributed by atoms with Gasteiger partial charge in [-0.2, -0.15) is 0 Å². The Bertz CT molecular complexity index is 472. The first-order chi connectivity index (χ1) is 11.7. The van der Waals surface area contributed by atoms with Gasteiger partial charge in [0.15, 0.2) is 0 Å². The molecule has 0 radical (unpaired) electrons. The highest BCUT2D eigenvalue weighted by atomic mass is 35.5. The van der Waals surface area contributed by atoms with E-state index in [0.29, 0.717) is 25.9 Å². The van der Waals surface area contributed by atoms with Gasteiger partial charge in [-0.3, -0.25) is 4.79 Å². The average Bonchev–Trinajstić information content (AvgIpc) is 2.55. The van der Waals surface area contributed by atoms with Crippen LogP contribution in [0.5, 0.6) is 0 Å². The van der Waals surface area contributed by atoms with Crippen LogP contribution in [0.15, 0.2) is 0 Å². The van der Waals surface area contributed by atoms with Crippen molar-refractivity contribution in [3.05, 3.63) is 0 Å². The zero-order valence-corrected chi connectivity index (χ0v) is 16.3. The fourth-order valence-electron chi connectivity index (χ4n) is 3.80. The van der Waals surface area contributed by atoms with Crippen LogP contribution < -0.4 is 0 Å². The lowest BCUT2D eigenvalue weighted by Gasteiger charge is -2.45. The number of amides is 2. The Balaban J connectivity index is 1.99. The van der Waals surface area contributed by atoms with Gasteiger partial charge in [0, 0.05) is 19.1 Å². The Labute approximate surface area is 155 Å². The van der Waals surface area contributed by atoms with Gasteiger partial charge in [-0.25, -0.2) is 4.79 Å². The molecule has 2 rings (SSSR count). The molecular formula is C18H31ClN2O4. The number of hydrogen-bond acceptors (Lipinski definition) is 4. The van der Waals surface area contributed by atoms with Crippen LogP contribution in [0.4, 0.5) is 4.79 Å². The maximum Gasteiger partial charge on any atom is 0.410 e. The molecule has 0 unspecified atom stereocenters. The maximum absolute atomic E-state index is 12.4. The van der Waals surface area contributed by atoms with Crippen LogP contribution in [0.3, 0.4) is 0 Å². The molecule has 0 spiro atoms. The SMILES string of the molecule is CC(C)(C)OC(=O)N1CCC(N(C(=O)CCl)[C@H]2CCCC[C@@H]2O)CC1. The number of carbonyl (C=O) groups is 2. The second kappa shape index (κ2) is 8.58. The fourth-order valence-corrected chi connectivity index (χ4v) is 3.94. The van der Waals surface area contributed by atoms with Crippen LogP contribution in [0.25, 0.3) is 0 Å². The molecule has 0 aromatic heterocycles. The van der Waals surface area contributed by atoms with Crippen molar-refractivity contribution in [1.29, 1.82) is 0 Å². The Kier molecular flexibility index (Phi) is 6.97. The van der Waals surface area contributed by atoms with Gasteiger partial charge in [-0.15, -0.1) is 11.6 Å². The molecule has 2 fully saturated rings. The van der Waals surface area contributed by atoms with Crippen molar-refractivity contribution in [3.63, 3.8) is 0 Å². The molecule has 2 atom stereocenters. The lowest BCUT2D eigenvalue weighted by atomic mass is 9.89. The van der Waals surface area contributed by atoms with Gasteiger partial charge in [-0.05, 0) is 46.5 Å². The third-order valence-corrected chi connectivity index (χ3v) is 5.19. The number of aliphatic hydroxyl groups is 1. The van der Waals surface area contributed by atoms with Gasteiger partial charge in [-0.1, -0.05) is 12.8 Å². The van der Waals surface area contributed by atoms with Gasteiger partial charge in [0.05, 0.1) is 12.1 Å². The van der Waals surface area contributed by atoms with E-state index in [1.807, 2.05) is 25.7 Å². The quantitative estimate of drug-likeness (QED) is 0.771. The van der Waals surface area contributed by atoms with Crippen LogP contribution in [0.1, 0.15) is 59.3 Å². The van der Waals surface area contributed by atoms with Crippen molar-refractivity contribution in [2.75, 3.05) is 19.0 Å². The van der Waals surface area contributed by atoms with Gasteiger partial charge >= 0.3 is 6.09 Å². The van der Waals surface area contributed by atoms with Gasteiger partial charge < -0.3 is 19.6 Å². The number of hydrogen-bond donors (Lipinski definition) is 1. The Morgan fingerprint density at radius 3 is 2.28 bits per heavy atom. The Hall–Kier alpha value is -1.01. The van der Waals surface area contributed by atoms with Crippen molar-refractivity contribution >= 4 is 23.6 Å². The third-order valence-electron chi connectivity index (χ3n) is 4.96. The summed E-state index contributed by atoms with van der Waals surface area (Å²) in [7, 11) is 0. The van der Waals surface area contributed by atoms with Crippen molar-refractivity contribution in [3.8, 4) is 0 Å². The van der Waals surface area contributed by atoms with Crippen LogP contribution >= 0.6 is 11.6 Å². The van der Waals surface area contributed by atoms with Crippen molar-refractivity contribution in [2.45, 2.75) is 83.1 Å². The first-order valence-corrected chi connectivity index (χ1v) is 9.79. The lowest BCUT2D eigenvalue weighted by Crippen LogP contribution is -2.57. The minimum absolute atomic E-state index is 0.0164. The Morgan fingerprint density at radius 2 is 1.76 bits per heavy atom. The number of ether oxygens (including phenoxy) is 1. The number of halogens is 1. The largest absolute Gasteiger partial charge is 0.444 e. The van der Waals surface area contributed by atoms with Crippen LogP contribution in [0.2, 0.25) is 0 Å². The van der Waals surface area contributed by atoms with Gasteiger partial charge in [0.2, 0.25) is 5.91 Å².